The molecule has 0 amide bonds. The lowest BCUT2D eigenvalue weighted by Gasteiger charge is -2.28. The molecule has 0 spiro atoms. The molecular formula is C21H19NO4. The second-order valence-corrected chi connectivity index (χ2v) is 6.67. The van der Waals surface area contributed by atoms with Gasteiger partial charge in [-0.1, -0.05) is 6.92 Å². The smallest absolute Gasteiger partial charge is 0.231 e. The first-order valence-corrected chi connectivity index (χ1v) is 8.87. The summed E-state index contributed by atoms with van der Waals surface area (Å²) in [5.41, 5.74) is 6.45. The first kappa shape index (κ1) is 15.3. The Balaban J connectivity index is 1.84. The highest BCUT2D eigenvalue weighted by Crippen LogP contribution is 2.44. The topological polar surface area (TPSA) is 49.7 Å². The molecule has 1 aliphatic carbocycles. The molecule has 0 fully saturated rings. The number of ether oxygens (including phenoxy) is 3. The molecule has 5 heteroatoms. The number of rotatable bonds is 2. The fourth-order valence-corrected chi connectivity index (χ4v) is 4.16. The molecule has 0 aromatic heterocycles. The Hall–Kier alpha value is -2.95. The molecule has 1 aromatic rings. The van der Waals surface area contributed by atoms with Crippen LogP contribution in [-0.4, -0.2) is 18.5 Å². The quantitative estimate of drug-likeness (QED) is 0.711. The van der Waals surface area contributed by atoms with Gasteiger partial charge in [-0.2, -0.15) is 0 Å². The van der Waals surface area contributed by atoms with E-state index in [0.29, 0.717) is 11.3 Å². The minimum atomic E-state index is -0.0496. The Morgan fingerprint density at radius 3 is 2.69 bits per heavy atom. The van der Waals surface area contributed by atoms with Crippen molar-refractivity contribution in [2.45, 2.75) is 26.3 Å². The van der Waals surface area contributed by atoms with Gasteiger partial charge in [0.05, 0.1) is 12.8 Å². The van der Waals surface area contributed by atoms with Crippen molar-refractivity contribution >= 4 is 0 Å². The molecule has 0 radical (unpaired) electrons. The Bertz CT molecular complexity index is 1070. The van der Waals surface area contributed by atoms with Crippen molar-refractivity contribution in [3.05, 3.63) is 51.8 Å². The molecule has 0 atom stereocenters. The third-order valence-corrected chi connectivity index (χ3v) is 5.39. The van der Waals surface area contributed by atoms with E-state index in [4.69, 9.17) is 14.2 Å². The van der Waals surface area contributed by atoms with E-state index in [2.05, 4.69) is 23.6 Å². The van der Waals surface area contributed by atoms with Gasteiger partial charge in [0, 0.05) is 23.9 Å². The summed E-state index contributed by atoms with van der Waals surface area (Å²) in [4.78, 5) is 12.7. The third-order valence-electron chi connectivity index (χ3n) is 5.39. The van der Waals surface area contributed by atoms with Crippen molar-refractivity contribution in [1.82, 2.24) is 4.57 Å². The normalized spacial score (nSPS) is 14.2. The number of pyridine rings is 1. The molecule has 3 heterocycles. The van der Waals surface area contributed by atoms with E-state index >= 15 is 0 Å². The summed E-state index contributed by atoms with van der Waals surface area (Å²) >= 11 is 0. The van der Waals surface area contributed by atoms with Crippen LogP contribution in [0.25, 0.3) is 22.4 Å². The molecule has 5 nitrogen and oxygen atoms in total. The molecule has 132 valence electrons. The molecular weight excluding hydrogens is 330 g/mol. The molecule has 1 aromatic carbocycles. The summed E-state index contributed by atoms with van der Waals surface area (Å²) in [6.07, 6.45) is 3.71. The fourth-order valence-electron chi connectivity index (χ4n) is 4.16. The fraction of sp³-hybridized carbons (Fsp3) is 0.286. The third kappa shape index (κ3) is 2.00. The average molecular weight is 349 g/mol. The van der Waals surface area contributed by atoms with Crippen molar-refractivity contribution in [3.8, 4) is 39.6 Å². The van der Waals surface area contributed by atoms with Crippen LogP contribution < -0.4 is 19.6 Å². The highest BCUT2D eigenvalue weighted by molar-refractivity contribution is 5.82. The summed E-state index contributed by atoms with van der Waals surface area (Å²) in [7, 11) is 1.54. The lowest BCUT2D eigenvalue weighted by Crippen LogP contribution is -2.19. The minimum absolute atomic E-state index is 0.0496. The van der Waals surface area contributed by atoms with Crippen LogP contribution in [0.4, 0.5) is 0 Å². The molecule has 5 rings (SSSR count). The van der Waals surface area contributed by atoms with Gasteiger partial charge < -0.3 is 18.8 Å². The summed E-state index contributed by atoms with van der Waals surface area (Å²) < 4.78 is 18.6. The Morgan fingerprint density at radius 2 is 1.92 bits per heavy atom. The SMILES string of the molecule is CCc1c2ccc(OC)c(=O)c-2cn2c1-c1cc3c(cc1CC2)OCO3. The van der Waals surface area contributed by atoms with Gasteiger partial charge in [-0.3, -0.25) is 4.79 Å². The van der Waals surface area contributed by atoms with Crippen LogP contribution in [0.5, 0.6) is 17.2 Å². The number of hydrogen-bond donors (Lipinski definition) is 0. The maximum atomic E-state index is 12.7. The first-order valence-electron chi connectivity index (χ1n) is 8.87. The van der Waals surface area contributed by atoms with Gasteiger partial charge in [0.25, 0.3) is 0 Å². The molecule has 0 saturated carbocycles. The number of fused-ring (bicyclic) bond motifs is 5. The molecule has 0 bridgehead atoms. The molecule has 0 N–H and O–H groups in total. The molecule has 26 heavy (non-hydrogen) atoms. The Kier molecular flexibility index (Phi) is 3.26. The predicted molar refractivity (Wildman–Crippen MR) is 98.5 cm³/mol. The number of benzene rings is 2. The van der Waals surface area contributed by atoms with Crippen LogP contribution in [-0.2, 0) is 19.4 Å². The zero-order valence-corrected chi connectivity index (χ0v) is 14.8. The number of nitrogens with zero attached hydrogens (tertiary/aromatic N) is 1. The van der Waals surface area contributed by atoms with Crippen molar-refractivity contribution in [1.29, 1.82) is 0 Å². The van der Waals surface area contributed by atoms with Crippen molar-refractivity contribution in [3.63, 3.8) is 0 Å². The minimum Gasteiger partial charge on any atom is -0.493 e. The van der Waals surface area contributed by atoms with E-state index in [1.54, 1.807) is 6.07 Å². The highest BCUT2D eigenvalue weighted by atomic mass is 16.7. The lowest BCUT2D eigenvalue weighted by molar-refractivity contribution is 0.174. The maximum Gasteiger partial charge on any atom is 0.231 e. The van der Waals surface area contributed by atoms with Crippen LogP contribution in [0, 0.1) is 0 Å². The summed E-state index contributed by atoms with van der Waals surface area (Å²) in [6, 6.07) is 7.94. The van der Waals surface area contributed by atoms with Gasteiger partial charge in [-0.15, -0.1) is 0 Å². The van der Waals surface area contributed by atoms with Gasteiger partial charge in [0.1, 0.15) is 0 Å². The van der Waals surface area contributed by atoms with E-state index < -0.39 is 0 Å². The van der Waals surface area contributed by atoms with Gasteiger partial charge >= 0.3 is 0 Å². The largest absolute Gasteiger partial charge is 0.493 e. The summed E-state index contributed by atoms with van der Waals surface area (Å²) in [6.45, 7) is 3.24. The summed E-state index contributed by atoms with van der Waals surface area (Å²) in [5, 5.41) is 0. The van der Waals surface area contributed by atoms with E-state index in [0.717, 1.165) is 36.4 Å². The van der Waals surface area contributed by atoms with Crippen LogP contribution >= 0.6 is 0 Å². The van der Waals surface area contributed by atoms with Crippen LogP contribution in [0.15, 0.2) is 35.3 Å². The average Bonchev–Trinajstić information content (AvgIpc) is 3.12. The highest BCUT2D eigenvalue weighted by Gasteiger charge is 2.27. The maximum absolute atomic E-state index is 12.7. The Labute approximate surface area is 151 Å². The van der Waals surface area contributed by atoms with Crippen LogP contribution in [0.1, 0.15) is 18.1 Å². The molecule has 0 unspecified atom stereocenters. The molecule has 4 aliphatic rings. The number of methoxy groups -OCH3 is 1. The predicted octanol–water partition coefficient (Wildman–Crippen LogP) is 3.48. The van der Waals surface area contributed by atoms with Crippen molar-refractivity contribution < 1.29 is 14.2 Å². The van der Waals surface area contributed by atoms with Crippen molar-refractivity contribution in [2.24, 2.45) is 0 Å². The summed E-state index contributed by atoms with van der Waals surface area (Å²) in [5.74, 6) is 2.00. The second kappa shape index (κ2) is 5.53. The molecule has 0 saturated heterocycles. The number of aryl methyl sites for hydroxylation is 2. The van der Waals surface area contributed by atoms with E-state index in [-0.39, 0.29) is 12.2 Å². The van der Waals surface area contributed by atoms with Gasteiger partial charge in [-0.25, -0.2) is 0 Å². The van der Waals surface area contributed by atoms with Gasteiger partial charge in [0.2, 0.25) is 12.2 Å². The van der Waals surface area contributed by atoms with E-state index in [1.165, 1.54) is 29.5 Å². The van der Waals surface area contributed by atoms with Crippen LogP contribution in [0.3, 0.4) is 0 Å². The van der Waals surface area contributed by atoms with Crippen LogP contribution in [0.2, 0.25) is 0 Å². The zero-order valence-electron chi connectivity index (χ0n) is 14.8. The standard InChI is InChI=1S/C21H19NO4/c1-3-13-14-4-5-17(24-2)21(23)16(14)10-22-7-6-12-8-18-19(26-11-25-18)9-15(12)20(13)22/h4-5,8-10H,3,6-7,11H2,1-2H3. The molecule has 3 aliphatic heterocycles. The van der Waals surface area contributed by atoms with Gasteiger partial charge in [0.15, 0.2) is 17.2 Å². The van der Waals surface area contributed by atoms with Crippen molar-refractivity contribution in [2.75, 3.05) is 13.9 Å². The first-order chi connectivity index (χ1) is 12.7. The van der Waals surface area contributed by atoms with E-state index in [1.807, 2.05) is 12.3 Å². The van der Waals surface area contributed by atoms with Gasteiger partial charge in [-0.05, 0) is 53.8 Å². The lowest BCUT2D eigenvalue weighted by atomic mass is 9.88. The van der Waals surface area contributed by atoms with E-state index in [9.17, 15) is 4.79 Å². The number of aromatic nitrogens is 1. The zero-order chi connectivity index (χ0) is 17.8. The number of hydrogen-bond acceptors (Lipinski definition) is 4. The monoisotopic (exact) mass is 349 g/mol. The Morgan fingerprint density at radius 1 is 1.12 bits per heavy atom. The second-order valence-electron chi connectivity index (χ2n) is 6.67.